The Hall–Kier alpha value is -2.10. The van der Waals surface area contributed by atoms with Crippen molar-refractivity contribution in [1.29, 1.82) is 0 Å². The topological polar surface area (TPSA) is 124 Å². The first-order valence-corrected chi connectivity index (χ1v) is 7.60. The third-order valence-electron chi connectivity index (χ3n) is 3.46. The van der Waals surface area contributed by atoms with Gasteiger partial charge in [-0.2, -0.15) is 0 Å². The van der Waals surface area contributed by atoms with E-state index in [9.17, 15) is 14.7 Å². The summed E-state index contributed by atoms with van der Waals surface area (Å²) in [7, 11) is 3.00. The van der Waals surface area contributed by atoms with Crippen LogP contribution in [0, 0.1) is 0 Å². The van der Waals surface area contributed by atoms with Crippen LogP contribution in [0.1, 0.15) is 17.9 Å². The number of phenolic OH excluding ortho intramolecular Hbond substituents is 1. The van der Waals surface area contributed by atoms with Gasteiger partial charge in [-0.05, 0) is 11.6 Å². The number of fused-ring (bicyclic) bond motifs is 1. The molecule has 0 spiro atoms. The van der Waals surface area contributed by atoms with Gasteiger partial charge < -0.3 is 30.0 Å². The van der Waals surface area contributed by atoms with Crippen LogP contribution in [0.25, 0.3) is 10.2 Å². The summed E-state index contributed by atoms with van der Waals surface area (Å²) in [4.78, 5) is 24.8. The lowest BCUT2D eigenvalue weighted by Gasteiger charge is -2.22. The van der Waals surface area contributed by atoms with Crippen LogP contribution in [0.15, 0.2) is 16.9 Å². The fourth-order valence-electron chi connectivity index (χ4n) is 2.35. The number of nitrogens with one attached hydrogen (secondary N) is 1. The summed E-state index contributed by atoms with van der Waals surface area (Å²) in [5, 5.41) is 9.86. The van der Waals surface area contributed by atoms with E-state index < -0.39 is 12.4 Å². The number of aromatic nitrogens is 1. The smallest absolute Gasteiger partial charge is 0.404 e. The third kappa shape index (κ3) is 4.01. The van der Waals surface area contributed by atoms with Gasteiger partial charge in [0.15, 0.2) is 6.29 Å². The summed E-state index contributed by atoms with van der Waals surface area (Å²) in [5.74, 6) is -0.339. The number of hydrogen-bond donors (Lipinski definition) is 3. The zero-order chi connectivity index (χ0) is 17.0. The molecule has 1 atom stereocenters. The summed E-state index contributed by atoms with van der Waals surface area (Å²) in [6, 6.07) is 3.16. The lowest BCUT2D eigenvalue weighted by atomic mass is 9.95. The highest BCUT2D eigenvalue weighted by molar-refractivity contribution is 7.16. The normalized spacial score (nSPS) is 12.7. The minimum atomic E-state index is -0.890. The Morgan fingerprint density at radius 2 is 2.09 bits per heavy atom. The Morgan fingerprint density at radius 1 is 1.39 bits per heavy atom. The van der Waals surface area contributed by atoms with E-state index in [1.54, 1.807) is 6.07 Å². The Balaban J connectivity index is 2.43. The van der Waals surface area contributed by atoms with Crippen molar-refractivity contribution in [3.63, 3.8) is 0 Å². The van der Waals surface area contributed by atoms with Crippen molar-refractivity contribution in [2.75, 3.05) is 20.8 Å². The van der Waals surface area contributed by atoms with Gasteiger partial charge in [0.25, 0.3) is 0 Å². The van der Waals surface area contributed by atoms with E-state index in [1.807, 2.05) is 0 Å². The predicted molar refractivity (Wildman–Crippen MR) is 84.8 cm³/mol. The van der Waals surface area contributed by atoms with Gasteiger partial charge in [-0.25, -0.2) is 4.79 Å². The molecule has 0 aliphatic heterocycles. The van der Waals surface area contributed by atoms with E-state index in [0.29, 0.717) is 16.6 Å². The summed E-state index contributed by atoms with van der Waals surface area (Å²) >= 11 is 0.973. The van der Waals surface area contributed by atoms with Gasteiger partial charge in [0.2, 0.25) is 0 Å². The number of amides is 1. The summed E-state index contributed by atoms with van der Waals surface area (Å²) < 4.78 is 15.9. The molecular weight excluding hydrogens is 324 g/mol. The molecule has 1 heterocycles. The standard InChI is InChI=1S/C14H18N2O6S/c1-20-10(21-2)5-7(6-22-13(15)18)8-3-4-9(17)11-12(8)23-14(19)16-11/h3-4,7,10,17H,5-6H2,1-2H3,(H2,15,18)(H,16,19). The Morgan fingerprint density at radius 3 is 2.70 bits per heavy atom. The Labute approximate surface area is 135 Å². The Bertz CT molecular complexity index is 736. The molecule has 2 aromatic rings. The molecule has 0 saturated heterocycles. The number of thiazole rings is 1. The molecule has 0 aliphatic carbocycles. The number of H-pyrrole nitrogens is 1. The number of benzene rings is 1. The van der Waals surface area contributed by atoms with Gasteiger partial charge in [0.1, 0.15) is 17.9 Å². The second kappa shape index (κ2) is 7.44. The molecule has 0 bridgehead atoms. The SMILES string of the molecule is COC(CC(COC(N)=O)c1ccc(O)c2[nH]c(=O)sc12)OC. The molecule has 9 heteroatoms. The number of methoxy groups -OCH3 is 2. The molecule has 0 aliphatic rings. The zero-order valence-electron chi connectivity index (χ0n) is 12.7. The van der Waals surface area contributed by atoms with Crippen molar-refractivity contribution < 1.29 is 24.1 Å². The maximum Gasteiger partial charge on any atom is 0.404 e. The number of primary amides is 1. The molecule has 1 aromatic carbocycles. The summed E-state index contributed by atoms with van der Waals surface area (Å²) in [6.07, 6.45) is -1.03. The third-order valence-corrected chi connectivity index (χ3v) is 4.39. The molecule has 0 fully saturated rings. The number of nitrogens with two attached hydrogens (primary N) is 1. The monoisotopic (exact) mass is 342 g/mol. The number of rotatable bonds is 7. The first-order chi connectivity index (χ1) is 11.0. The van der Waals surface area contributed by atoms with Crippen LogP contribution in [-0.2, 0) is 14.2 Å². The van der Waals surface area contributed by atoms with Crippen molar-refractivity contribution in [3.8, 4) is 5.75 Å². The number of hydrogen-bond acceptors (Lipinski definition) is 7. The second-order valence-corrected chi connectivity index (χ2v) is 5.84. The van der Waals surface area contributed by atoms with Crippen LogP contribution < -0.4 is 10.6 Å². The first-order valence-electron chi connectivity index (χ1n) is 6.78. The number of phenols is 1. The van der Waals surface area contributed by atoms with Crippen LogP contribution in [0.4, 0.5) is 4.79 Å². The largest absolute Gasteiger partial charge is 0.506 e. The molecule has 1 aromatic heterocycles. The second-order valence-electron chi connectivity index (χ2n) is 4.86. The fraction of sp³-hybridized carbons (Fsp3) is 0.429. The minimum absolute atomic E-state index is 0.00448. The average Bonchev–Trinajstić information content (AvgIpc) is 2.91. The van der Waals surface area contributed by atoms with Crippen molar-refractivity contribution in [1.82, 2.24) is 4.98 Å². The minimum Gasteiger partial charge on any atom is -0.506 e. The molecule has 23 heavy (non-hydrogen) atoms. The van der Waals surface area contributed by atoms with Crippen molar-refractivity contribution in [3.05, 3.63) is 27.4 Å². The molecule has 2 rings (SSSR count). The van der Waals surface area contributed by atoms with Crippen LogP contribution >= 0.6 is 11.3 Å². The molecule has 0 saturated carbocycles. The number of aromatic amines is 1. The quantitative estimate of drug-likeness (QED) is 0.655. The van der Waals surface area contributed by atoms with E-state index in [0.717, 1.165) is 16.9 Å². The van der Waals surface area contributed by atoms with Crippen LogP contribution in [0.2, 0.25) is 0 Å². The highest BCUT2D eigenvalue weighted by atomic mass is 32.1. The highest BCUT2D eigenvalue weighted by Gasteiger charge is 2.23. The average molecular weight is 342 g/mol. The first kappa shape index (κ1) is 17.3. The lowest BCUT2D eigenvalue weighted by Crippen LogP contribution is -2.23. The van der Waals surface area contributed by atoms with Gasteiger partial charge in [-0.3, -0.25) is 4.79 Å². The number of aromatic hydroxyl groups is 1. The van der Waals surface area contributed by atoms with E-state index in [1.165, 1.54) is 20.3 Å². The molecule has 1 amide bonds. The number of carbonyl (C=O) groups excluding carboxylic acids is 1. The van der Waals surface area contributed by atoms with E-state index in [-0.39, 0.29) is 23.1 Å². The van der Waals surface area contributed by atoms with E-state index in [4.69, 9.17) is 19.9 Å². The van der Waals surface area contributed by atoms with Gasteiger partial charge in [-0.15, -0.1) is 0 Å². The van der Waals surface area contributed by atoms with Gasteiger partial charge >= 0.3 is 11.0 Å². The molecule has 1 unspecified atom stereocenters. The summed E-state index contributed by atoms with van der Waals surface area (Å²) in [5.41, 5.74) is 6.13. The van der Waals surface area contributed by atoms with Crippen molar-refractivity contribution in [2.24, 2.45) is 5.73 Å². The van der Waals surface area contributed by atoms with Crippen LogP contribution in [0.5, 0.6) is 5.75 Å². The van der Waals surface area contributed by atoms with Gasteiger partial charge in [-0.1, -0.05) is 17.4 Å². The summed E-state index contributed by atoms with van der Waals surface area (Å²) in [6.45, 7) is 0.00448. The van der Waals surface area contributed by atoms with Gasteiger partial charge in [0.05, 0.1) is 4.70 Å². The van der Waals surface area contributed by atoms with Gasteiger partial charge in [0, 0.05) is 26.6 Å². The maximum absolute atomic E-state index is 11.6. The predicted octanol–water partition coefficient (Wildman–Crippen LogP) is 1.48. The maximum atomic E-state index is 11.6. The van der Waals surface area contributed by atoms with Crippen LogP contribution in [-0.4, -0.2) is 43.3 Å². The molecule has 126 valence electrons. The van der Waals surface area contributed by atoms with Crippen molar-refractivity contribution in [2.45, 2.75) is 18.6 Å². The highest BCUT2D eigenvalue weighted by Crippen LogP contribution is 2.34. The van der Waals surface area contributed by atoms with E-state index >= 15 is 0 Å². The number of ether oxygens (including phenoxy) is 3. The molecule has 8 nitrogen and oxygen atoms in total. The van der Waals surface area contributed by atoms with Crippen LogP contribution in [0.3, 0.4) is 0 Å². The number of carbonyl (C=O) groups is 1. The van der Waals surface area contributed by atoms with Crippen molar-refractivity contribution >= 4 is 27.6 Å². The molecule has 4 N–H and O–H groups in total. The zero-order valence-corrected chi connectivity index (χ0v) is 13.5. The Kier molecular flexibility index (Phi) is 5.59. The molecule has 0 radical (unpaired) electrons. The molecular formula is C14H18N2O6S. The fourth-order valence-corrected chi connectivity index (χ4v) is 3.30. The van der Waals surface area contributed by atoms with E-state index in [2.05, 4.69) is 4.98 Å². The lowest BCUT2D eigenvalue weighted by molar-refractivity contribution is -0.111.